The van der Waals surface area contributed by atoms with E-state index in [2.05, 4.69) is 0 Å². The van der Waals surface area contributed by atoms with Crippen LogP contribution in [0.1, 0.15) is 0 Å². The molecule has 0 bridgehead atoms. The summed E-state index contributed by atoms with van der Waals surface area (Å²) in [4.78, 5) is 44.6. The molecule has 64 valence electrons. The molecule has 0 saturated carbocycles. The standard InChI is InChI=1S/H3O4P.H3O3PSe/c1-5(2,3)4;1-4(2,3)5/h(H3,1,2,3,4);(H3,1,2,3,5). The van der Waals surface area contributed by atoms with Crippen LogP contribution >= 0.6 is 14.0 Å². The summed E-state index contributed by atoms with van der Waals surface area (Å²) in [6.07, 6.45) is -3.51. The molecule has 10 heavy (non-hydrogen) atoms. The first kappa shape index (κ1) is 13.5. The predicted octanol–water partition coefficient (Wildman–Crippen LogP) is -2.12. The SMILES string of the molecule is O=P(O)(O)O.OP(O)(O)=[Se]. The van der Waals surface area contributed by atoms with Gasteiger partial charge in [0.1, 0.15) is 0 Å². The van der Waals surface area contributed by atoms with Crippen LogP contribution in [0, 0.1) is 0 Å². The first-order valence-corrected chi connectivity index (χ1v) is 6.99. The summed E-state index contributed by atoms with van der Waals surface area (Å²) < 4.78 is 8.88. The van der Waals surface area contributed by atoms with E-state index in [0.29, 0.717) is 0 Å². The van der Waals surface area contributed by atoms with Gasteiger partial charge in [-0.1, -0.05) is 0 Å². The Bertz CT molecular complexity index is 124. The first-order valence-electron chi connectivity index (χ1n) is 1.57. The molecule has 0 aromatic heterocycles. The van der Waals surface area contributed by atoms with Crippen LogP contribution in [0.4, 0.5) is 0 Å². The van der Waals surface area contributed by atoms with E-state index in [4.69, 9.17) is 33.9 Å². The van der Waals surface area contributed by atoms with Gasteiger partial charge in [0.15, 0.2) is 0 Å². The monoisotopic (exact) mass is 260 g/mol. The Balaban J connectivity index is 0. The quantitative estimate of drug-likeness (QED) is 0.216. The topological polar surface area (TPSA) is 138 Å². The van der Waals surface area contributed by atoms with Crippen molar-refractivity contribution in [2.45, 2.75) is 0 Å². The Morgan fingerprint density at radius 1 is 0.900 bits per heavy atom. The fourth-order valence-electron chi connectivity index (χ4n) is 0. The molecule has 0 rings (SSSR count). The number of phosphoric acid groups is 1. The Hall–Kier alpha value is 0.939. The zero-order valence-electron chi connectivity index (χ0n) is 4.39. The Morgan fingerprint density at radius 3 is 0.900 bits per heavy atom. The maximum absolute atomic E-state index is 8.88. The van der Waals surface area contributed by atoms with Crippen LogP contribution < -0.4 is 0 Å². The molecule has 7 nitrogen and oxygen atoms in total. The molecule has 0 aromatic rings. The fourth-order valence-corrected chi connectivity index (χ4v) is 0. The van der Waals surface area contributed by atoms with Crippen LogP contribution in [0.25, 0.3) is 0 Å². The van der Waals surface area contributed by atoms with Crippen LogP contribution in [0.3, 0.4) is 0 Å². The van der Waals surface area contributed by atoms with Crippen molar-refractivity contribution in [2.24, 2.45) is 0 Å². The third kappa shape index (κ3) is 638. The van der Waals surface area contributed by atoms with Gasteiger partial charge in [0.2, 0.25) is 0 Å². The van der Waals surface area contributed by atoms with Crippen molar-refractivity contribution in [3.63, 3.8) is 0 Å². The van der Waals surface area contributed by atoms with Crippen LogP contribution in [-0.4, -0.2) is 44.5 Å². The van der Waals surface area contributed by atoms with Crippen molar-refractivity contribution >= 4 is 29.1 Å². The van der Waals surface area contributed by atoms with Crippen LogP contribution in [0.5, 0.6) is 0 Å². The molecule has 0 unspecified atom stereocenters. The van der Waals surface area contributed by atoms with E-state index in [-0.39, 0.29) is 0 Å². The predicted molar refractivity (Wildman–Crippen MR) is 33.6 cm³/mol. The molecule has 0 aromatic carbocycles. The molecule has 0 radical (unpaired) electrons. The number of rotatable bonds is 0. The van der Waals surface area contributed by atoms with Crippen molar-refractivity contribution < 1.29 is 33.9 Å². The summed E-state index contributed by atoms with van der Waals surface area (Å²) in [5.41, 5.74) is 0. The molecule has 0 aliphatic heterocycles. The zero-order chi connectivity index (χ0) is 9.00. The Morgan fingerprint density at radius 2 is 0.900 bits per heavy atom. The van der Waals surface area contributed by atoms with E-state index in [1.165, 1.54) is 0 Å². The van der Waals surface area contributed by atoms with Gasteiger partial charge in [-0.05, 0) is 0 Å². The molecule has 0 atom stereocenters. The second-order valence-electron chi connectivity index (χ2n) is 1.03. The molecular weight excluding hydrogens is 253 g/mol. The molecule has 0 fully saturated rings. The van der Waals surface area contributed by atoms with E-state index in [0.717, 1.165) is 0 Å². The second kappa shape index (κ2) is 4.74. The zero-order valence-corrected chi connectivity index (χ0v) is 7.90. The normalized spacial score (nSPS) is 11.8. The fraction of sp³-hybridized carbons (Fsp3) is 0. The van der Waals surface area contributed by atoms with Crippen molar-refractivity contribution in [3.8, 4) is 0 Å². The molecule has 0 aliphatic rings. The van der Waals surface area contributed by atoms with Gasteiger partial charge in [-0.15, -0.1) is 0 Å². The van der Waals surface area contributed by atoms with Crippen molar-refractivity contribution in [3.05, 3.63) is 0 Å². The van der Waals surface area contributed by atoms with Crippen molar-refractivity contribution in [1.82, 2.24) is 0 Å². The first-order chi connectivity index (χ1) is 4.00. The average Bonchev–Trinajstić information content (AvgIpc) is 1.12. The molecule has 0 aliphatic carbocycles. The summed E-state index contributed by atoms with van der Waals surface area (Å²) in [6, 6.07) is 0. The van der Waals surface area contributed by atoms with E-state index >= 15 is 0 Å². The molecule has 6 N–H and O–H groups in total. The van der Waals surface area contributed by atoms with Gasteiger partial charge in [-0.3, -0.25) is 0 Å². The van der Waals surface area contributed by atoms with Gasteiger partial charge in [0, 0.05) is 0 Å². The van der Waals surface area contributed by atoms with E-state index < -0.39 is 14.0 Å². The van der Waals surface area contributed by atoms with Gasteiger partial charge >= 0.3 is 43.8 Å². The molecular formula is H6O7P2Se. The summed E-state index contributed by atoms with van der Waals surface area (Å²) in [5, 5.41) is 0. The minimum absolute atomic E-state index is 1.76. The van der Waals surface area contributed by atoms with E-state index in [1.54, 1.807) is 15.1 Å². The molecule has 0 heterocycles. The van der Waals surface area contributed by atoms with Crippen molar-refractivity contribution in [1.29, 1.82) is 0 Å². The Kier molecular flexibility index (Phi) is 6.42. The van der Waals surface area contributed by atoms with Crippen LogP contribution in [0.15, 0.2) is 0 Å². The van der Waals surface area contributed by atoms with Crippen LogP contribution in [0.2, 0.25) is 0 Å². The molecule has 10 heteroatoms. The third-order valence-corrected chi connectivity index (χ3v) is 0. The summed E-state index contributed by atoms with van der Waals surface area (Å²) in [6.45, 7) is 0. The summed E-state index contributed by atoms with van der Waals surface area (Å²) in [7, 11) is -4.64. The average molecular weight is 259 g/mol. The molecule has 0 saturated heterocycles. The minimum atomic E-state index is -4.64. The van der Waals surface area contributed by atoms with Crippen LogP contribution in [-0.2, 0) is 4.57 Å². The van der Waals surface area contributed by atoms with Gasteiger partial charge in [0.25, 0.3) is 0 Å². The van der Waals surface area contributed by atoms with Gasteiger partial charge in [0.05, 0.1) is 0 Å². The number of hydrogen-bond donors (Lipinski definition) is 6. The number of hydrogen-bond acceptors (Lipinski definition) is 4. The third-order valence-electron chi connectivity index (χ3n) is 0. The van der Waals surface area contributed by atoms with Crippen molar-refractivity contribution in [2.75, 3.05) is 0 Å². The maximum atomic E-state index is 8.88. The Labute approximate surface area is 63.7 Å². The van der Waals surface area contributed by atoms with Gasteiger partial charge in [-0.25, -0.2) is 4.57 Å². The van der Waals surface area contributed by atoms with E-state index in [9.17, 15) is 0 Å². The second-order valence-corrected chi connectivity index (χ2v) is 6.16. The molecule has 0 spiro atoms. The molecule has 0 amide bonds. The van der Waals surface area contributed by atoms with Gasteiger partial charge in [-0.2, -0.15) is 0 Å². The van der Waals surface area contributed by atoms with Gasteiger partial charge < -0.3 is 14.7 Å². The van der Waals surface area contributed by atoms with E-state index in [1.807, 2.05) is 0 Å². The summed E-state index contributed by atoms with van der Waals surface area (Å²) in [5.74, 6) is 0. The summed E-state index contributed by atoms with van der Waals surface area (Å²) >= 11 is 1.76.